The number of ketones is 1. The van der Waals surface area contributed by atoms with Crippen molar-refractivity contribution in [1.29, 1.82) is 0 Å². The van der Waals surface area contributed by atoms with Crippen LogP contribution in [-0.2, 0) is 12.6 Å². The van der Waals surface area contributed by atoms with Crippen molar-refractivity contribution < 1.29 is 18.0 Å². The van der Waals surface area contributed by atoms with Gasteiger partial charge in [-0.1, -0.05) is 72.8 Å². The number of Topliss-reactive ketones (excluding diaryl/α,β-unsaturated/α-hetero) is 1. The molecule has 1 heterocycles. The summed E-state index contributed by atoms with van der Waals surface area (Å²) in [6.07, 6.45) is 10.9. The topological polar surface area (TPSA) is 29.1 Å². The van der Waals surface area contributed by atoms with Gasteiger partial charge < -0.3 is 5.32 Å². The van der Waals surface area contributed by atoms with E-state index in [4.69, 9.17) is 0 Å². The van der Waals surface area contributed by atoms with Gasteiger partial charge in [-0.3, -0.25) is 4.79 Å². The Balaban J connectivity index is 1.49. The second-order valence-corrected chi connectivity index (χ2v) is 9.61. The lowest BCUT2D eigenvalue weighted by Crippen LogP contribution is -2.39. The van der Waals surface area contributed by atoms with E-state index >= 15 is 0 Å². The van der Waals surface area contributed by atoms with Crippen molar-refractivity contribution in [2.75, 3.05) is 0 Å². The van der Waals surface area contributed by atoms with Crippen LogP contribution in [0, 0.1) is 5.92 Å². The fourth-order valence-corrected chi connectivity index (χ4v) is 5.62. The van der Waals surface area contributed by atoms with E-state index in [0.717, 1.165) is 45.8 Å². The molecule has 0 saturated heterocycles. The lowest BCUT2D eigenvalue weighted by Gasteiger charge is -2.30. The molecule has 0 radical (unpaired) electrons. The number of carbonyl (C=O) groups excluding carboxylic acids is 1. The van der Waals surface area contributed by atoms with Crippen LogP contribution in [0.1, 0.15) is 39.4 Å². The smallest absolute Gasteiger partial charge is 0.364 e. The maximum atomic E-state index is 13.6. The molecule has 2 atom stereocenters. The van der Waals surface area contributed by atoms with Crippen molar-refractivity contribution >= 4 is 17.9 Å². The number of rotatable bonds is 3. The minimum atomic E-state index is -4.44. The molecule has 2 nitrogen and oxygen atoms in total. The molecule has 37 heavy (non-hydrogen) atoms. The molecule has 2 unspecified atom stereocenters. The first-order valence-corrected chi connectivity index (χ1v) is 12.3. The van der Waals surface area contributed by atoms with Crippen molar-refractivity contribution in [3.63, 3.8) is 0 Å². The van der Waals surface area contributed by atoms with Crippen molar-refractivity contribution in [2.24, 2.45) is 5.92 Å². The second kappa shape index (κ2) is 9.07. The number of alkyl halides is 3. The third kappa shape index (κ3) is 4.25. The van der Waals surface area contributed by atoms with Crippen LogP contribution in [-0.4, -0.2) is 5.78 Å². The zero-order chi connectivity index (χ0) is 25.6. The maximum Gasteiger partial charge on any atom is 0.416 e. The molecule has 1 aliphatic heterocycles. The van der Waals surface area contributed by atoms with E-state index < -0.39 is 17.7 Å². The van der Waals surface area contributed by atoms with Gasteiger partial charge in [0.2, 0.25) is 0 Å². The average molecular weight is 496 g/mol. The minimum absolute atomic E-state index is 0.0633. The second-order valence-electron chi connectivity index (χ2n) is 9.61. The summed E-state index contributed by atoms with van der Waals surface area (Å²) in [4.78, 5) is 13.6. The Hall–Kier alpha value is -4.12. The van der Waals surface area contributed by atoms with Crippen molar-refractivity contribution in [1.82, 2.24) is 5.32 Å². The van der Waals surface area contributed by atoms with Crippen LogP contribution in [0.25, 0.3) is 23.3 Å². The minimum Gasteiger partial charge on any atom is -0.364 e. The molecular weight excluding hydrogens is 471 g/mol. The van der Waals surface area contributed by atoms with E-state index in [1.807, 2.05) is 48.7 Å². The van der Waals surface area contributed by atoms with Crippen LogP contribution in [0.15, 0.2) is 96.9 Å². The third-order valence-electron chi connectivity index (χ3n) is 7.44. The Kier molecular flexibility index (Phi) is 5.71. The Morgan fingerprint density at radius 2 is 1.68 bits per heavy atom. The number of fused-ring (bicyclic) bond motifs is 5. The molecule has 1 N–H and O–H groups in total. The molecule has 3 aliphatic rings. The van der Waals surface area contributed by atoms with Gasteiger partial charge in [-0.15, -0.1) is 0 Å². The van der Waals surface area contributed by atoms with E-state index in [0.29, 0.717) is 6.42 Å². The van der Waals surface area contributed by atoms with E-state index in [-0.39, 0.29) is 17.3 Å². The summed E-state index contributed by atoms with van der Waals surface area (Å²) in [5.74, 6) is -0.699. The molecule has 3 aromatic carbocycles. The Bertz CT molecular complexity index is 1610. The third-order valence-corrected chi connectivity index (χ3v) is 7.44. The quantitative estimate of drug-likeness (QED) is 0.450. The highest BCUT2D eigenvalue weighted by atomic mass is 19.4. The van der Waals surface area contributed by atoms with Crippen molar-refractivity contribution in [3.8, 4) is 11.1 Å². The van der Waals surface area contributed by atoms with E-state index in [9.17, 15) is 18.0 Å². The first-order valence-electron chi connectivity index (χ1n) is 12.3. The van der Waals surface area contributed by atoms with Crippen molar-refractivity contribution in [2.45, 2.75) is 24.9 Å². The van der Waals surface area contributed by atoms with Crippen molar-refractivity contribution in [3.05, 3.63) is 130 Å². The molecule has 5 heteroatoms. The lowest BCUT2D eigenvalue weighted by atomic mass is 9.75. The number of hydrogen-bond acceptors (Lipinski definition) is 2. The van der Waals surface area contributed by atoms with Crippen LogP contribution in [0.3, 0.4) is 0 Å². The summed E-state index contributed by atoms with van der Waals surface area (Å²) < 4.78 is 39.2. The van der Waals surface area contributed by atoms with Gasteiger partial charge in [0, 0.05) is 29.3 Å². The lowest BCUT2D eigenvalue weighted by molar-refractivity contribution is -0.137. The molecule has 0 bridgehead atoms. The largest absolute Gasteiger partial charge is 0.416 e. The van der Waals surface area contributed by atoms with Crippen LogP contribution >= 0.6 is 0 Å². The van der Waals surface area contributed by atoms with Crippen LogP contribution in [0.5, 0.6) is 0 Å². The molecule has 0 saturated carbocycles. The summed E-state index contributed by atoms with van der Waals surface area (Å²) in [6.45, 7) is 0. The molecule has 0 amide bonds. The van der Waals surface area contributed by atoms with E-state index in [1.54, 1.807) is 0 Å². The summed E-state index contributed by atoms with van der Waals surface area (Å²) in [6, 6.07) is 17.2. The number of halogens is 3. The molecular formula is C32H24F3NO. The standard InChI is InChI=1S/C32H24F3NO/c33-32(34,35)23-12-9-21(10-13-23)31(37)22-18-28-26-14-11-20-6-3-4-7-24(20)25(26)15-16-27(28)29(19-22)30-8-2-1-5-17-36-30/h1-10,12-18,22,29,36H,11,19H2. The van der Waals surface area contributed by atoms with Gasteiger partial charge in [0.15, 0.2) is 5.78 Å². The van der Waals surface area contributed by atoms with Gasteiger partial charge in [0.1, 0.15) is 0 Å². The first-order chi connectivity index (χ1) is 17.9. The average Bonchev–Trinajstić information content (AvgIpc) is 3.21. The number of hydrogen-bond donors (Lipinski definition) is 1. The molecule has 184 valence electrons. The molecule has 6 rings (SSSR count). The monoisotopic (exact) mass is 495 g/mol. The zero-order valence-corrected chi connectivity index (χ0v) is 19.9. The Morgan fingerprint density at radius 3 is 2.49 bits per heavy atom. The van der Waals surface area contributed by atoms with Crippen LogP contribution in [0.2, 0.25) is 0 Å². The zero-order valence-electron chi connectivity index (χ0n) is 19.9. The van der Waals surface area contributed by atoms with Gasteiger partial charge in [0.25, 0.3) is 0 Å². The van der Waals surface area contributed by atoms with Gasteiger partial charge >= 0.3 is 6.18 Å². The summed E-state index contributed by atoms with van der Waals surface area (Å²) >= 11 is 0. The first kappa shape index (κ1) is 23.3. The molecule has 0 fully saturated rings. The van der Waals surface area contributed by atoms with E-state index in [1.165, 1.54) is 23.3 Å². The molecule has 0 aromatic heterocycles. The normalized spacial score (nSPS) is 19.7. The fraction of sp³-hybridized carbons (Fsp3) is 0.156. The predicted octanol–water partition coefficient (Wildman–Crippen LogP) is 6.03. The Morgan fingerprint density at radius 1 is 0.865 bits per heavy atom. The molecule has 2 aliphatic carbocycles. The van der Waals surface area contributed by atoms with Gasteiger partial charge in [-0.05, 0) is 69.8 Å². The predicted molar refractivity (Wildman–Crippen MR) is 140 cm³/mol. The highest BCUT2D eigenvalue weighted by molar-refractivity contribution is 6.01. The van der Waals surface area contributed by atoms with Gasteiger partial charge in [-0.25, -0.2) is 0 Å². The summed E-state index contributed by atoms with van der Waals surface area (Å²) in [5.41, 5.74) is 5.27. The number of benzene rings is 3. The highest BCUT2D eigenvalue weighted by Gasteiger charge is 2.33. The van der Waals surface area contributed by atoms with Gasteiger partial charge in [-0.2, -0.15) is 13.2 Å². The number of nitrogens with one attached hydrogen (secondary N) is 1. The maximum absolute atomic E-state index is 13.6. The Labute approximate surface area is 212 Å². The fourth-order valence-electron chi connectivity index (χ4n) is 5.62. The number of carbonyl (C=O) groups is 1. The van der Waals surface area contributed by atoms with Crippen LogP contribution in [0.4, 0.5) is 13.2 Å². The summed E-state index contributed by atoms with van der Waals surface area (Å²) in [5, 5.41) is 5.52. The SMILES string of the molecule is O=C(c1ccc(C(F)(F)F)cc1)C1C=c2c(ccc3c2=CCc2ccccc2-3)C(C2=CC=CC=CN2)C1. The van der Waals surface area contributed by atoms with E-state index in [2.05, 4.69) is 35.7 Å². The van der Waals surface area contributed by atoms with Gasteiger partial charge in [0.05, 0.1) is 5.56 Å². The molecule has 3 aromatic rings. The van der Waals surface area contributed by atoms with Crippen LogP contribution < -0.4 is 15.8 Å². The number of allylic oxidation sites excluding steroid dienone is 5. The molecule has 0 spiro atoms. The summed E-state index contributed by atoms with van der Waals surface area (Å²) in [7, 11) is 0. The highest BCUT2D eigenvalue weighted by Crippen LogP contribution is 2.36.